The first-order valence-electron chi connectivity index (χ1n) is 10.4. The van der Waals surface area contributed by atoms with Gasteiger partial charge in [0.2, 0.25) is 0 Å². The molecule has 0 saturated heterocycles. The molecule has 5 nitrogen and oxygen atoms in total. The molecule has 1 heterocycles. The molecule has 2 amide bonds. The highest BCUT2D eigenvalue weighted by Gasteiger charge is 2.39. The lowest BCUT2D eigenvalue weighted by atomic mass is 9.97. The fourth-order valence-corrected chi connectivity index (χ4v) is 3.67. The Labute approximate surface area is 178 Å². The number of aryl methyl sites for hydroxylation is 4. The van der Waals surface area contributed by atoms with Gasteiger partial charge >= 0.3 is 0 Å². The highest BCUT2D eigenvalue weighted by Crippen LogP contribution is 2.33. The van der Waals surface area contributed by atoms with Crippen LogP contribution in [-0.4, -0.2) is 36.5 Å². The molecular weight excluding hydrogens is 376 g/mol. The molecule has 30 heavy (non-hydrogen) atoms. The molecule has 0 unspecified atom stereocenters. The summed E-state index contributed by atoms with van der Waals surface area (Å²) in [5, 5.41) is 3.25. The lowest BCUT2D eigenvalue weighted by Gasteiger charge is -2.15. The second kappa shape index (κ2) is 9.26. The Balaban J connectivity index is 2.00. The van der Waals surface area contributed by atoms with E-state index in [1.54, 1.807) is 0 Å². The Morgan fingerprint density at radius 2 is 1.67 bits per heavy atom. The first-order chi connectivity index (χ1) is 14.3. The molecule has 0 aliphatic carbocycles. The summed E-state index contributed by atoms with van der Waals surface area (Å²) in [5.74, 6) is -0.542. The van der Waals surface area contributed by atoms with Gasteiger partial charge in [0.15, 0.2) is 0 Å². The number of nitrogens with one attached hydrogen (secondary N) is 1. The van der Waals surface area contributed by atoms with Crippen LogP contribution in [0.25, 0.3) is 5.57 Å². The summed E-state index contributed by atoms with van der Waals surface area (Å²) in [6.45, 7) is 11.5. The van der Waals surface area contributed by atoms with Crippen molar-refractivity contribution in [3.8, 4) is 0 Å². The fraction of sp³-hybridized carbons (Fsp3) is 0.360. The molecule has 3 rings (SSSR count). The number of hydrogen-bond donors (Lipinski definition) is 1. The number of nitrogens with zero attached hydrogens (tertiary/aromatic N) is 1. The number of hydrogen-bond acceptors (Lipinski definition) is 4. The summed E-state index contributed by atoms with van der Waals surface area (Å²) >= 11 is 0. The zero-order valence-corrected chi connectivity index (χ0v) is 18.5. The van der Waals surface area contributed by atoms with Crippen LogP contribution in [0.1, 0.15) is 41.2 Å². The summed E-state index contributed by atoms with van der Waals surface area (Å²) < 4.78 is 5.38. The number of carbonyl (C=O) groups excluding carboxylic acids is 2. The van der Waals surface area contributed by atoms with Crippen molar-refractivity contribution in [2.75, 3.05) is 25.1 Å². The maximum atomic E-state index is 13.3. The number of benzene rings is 2. The molecule has 2 aromatic rings. The third-order valence-corrected chi connectivity index (χ3v) is 5.47. The van der Waals surface area contributed by atoms with Crippen LogP contribution in [0, 0.1) is 27.7 Å². The quantitative estimate of drug-likeness (QED) is 0.517. The van der Waals surface area contributed by atoms with Gasteiger partial charge in [-0.25, -0.2) is 0 Å². The van der Waals surface area contributed by atoms with E-state index >= 15 is 0 Å². The van der Waals surface area contributed by atoms with Crippen LogP contribution in [0.2, 0.25) is 0 Å². The molecule has 1 N–H and O–H groups in total. The van der Waals surface area contributed by atoms with Crippen LogP contribution < -0.4 is 5.32 Å². The molecule has 1 aliphatic heterocycles. The van der Waals surface area contributed by atoms with Gasteiger partial charge in [0.25, 0.3) is 11.8 Å². The van der Waals surface area contributed by atoms with Gasteiger partial charge in [0, 0.05) is 25.4 Å². The SMILES string of the molecule is CCOCCCN1C(=O)C(Nc2ccc(C)c(C)c2)=C(c2ccc(C)cc2C)C1=O. The zero-order valence-electron chi connectivity index (χ0n) is 18.5. The second-order valence-corrected chi connectivity index (χ2v) is 7.80. The van der Waals surface area contributed by atoms with E-state index in [9.17, 15) is 9.59 Å². The van der Waals surface area contributed by atoms with Gasteiger partial charge in [-0.1, -0.05) is 29.8 Å². The third kappa shape index (κ3) is 4.46. The van der Waals surface area contributed by atoms with Crippen LogP contribution in [0.15, 0.2) is 42.1 Å². The van der Waals surface area contributed by atoms with Crippen molar-refractivity contribution in [2.45, 2.75) is 41.0 Å². The Morgan fingerprint density at radius 3 is 2.33 bits per heavy atom. The summed E-state index contributed by atoms with van der Waals surface area (Å²) in [7, 11) is 0. The average Bonchev–Trinajstić information content (AvgIpc) is 2.92. The first kappa shape index (κ1) is 21.8. The highest BCUT2D eigenvalue weighted by molar-refractivity contribution is 6.36. The molecule has 5 heteroatoms. The van der Waals surface area contributed by atoms with E-state index in [1.165, 1.54) is 10.5 Å². The molecule has 2 aromatic carbocycles. The number of ether oxygens (including phenoxy) is 1. The molecule has 0 aromatic heterocycles. The van der Waals surface area contributed by atoms with Crippen LogP contribution in [-0.2, 0) is 14.3 Å². The minimum Gasteiger partial charge on any atom is -0.382 e. The van der Waals surface area contributed by atoms with Crippen molar-refractivity contribution in [3.63, 3.8) is 0 Å². The molecule has 0 fully saturated rings. The number of rotatable bonds is 8. The number of anilines is 1. The smallest absolute Gasteiger partial charge is 0.278 e. The molecule has 1 aliphatic rings. The molecule has 0 atom stereocenters. The predicted octanol–water partition coefficient (Wildman–Crippen LogP) is 4.54. The third-order valence-electron chi connectivity index (χ3n) is 5.47. The highest BCUT2D eigenvalue weighted by atomic mass is 16.5. The van der Waals surface area contributed by atoms with Crippen LogP contribution in [0.3, 0.4) is 0 Å². The summed E-state index contributed by atoms with van der Waals surface area (Å²) in [6.07, 6.45) is 0.613. The lowest BCUT2D eigenvalue weighted by molar-refractivity contribution is -0.137. The topological polar surface area (TPSA) is 58.6 Å². The number of carbonyl (C=O) groups is 2. The molecule has 0 spiro atoms. The van der Waals surface area contributed by atoms with Crippen molar-refractivity contribution < 1.29 is 14.3 Å². The van der Waals surface area contributed by atoms with Crippen molar-refractivity contribution >= 4 is 23.1 Å². The largest absolute Gasteiger partial charge is 0.382 e. The minimum atomic E-state index is -0.287. The summed E-state index contributed by atoms with van der Waals surface area (Å²) in [5.41, 5.74) is 6.76. The molecule has 0 radical (unpaired) electrons. The number of amides is 2. The van der Waals surface area contributed by atoms with Crippen LogP contribution in [0.4, 0.5) is 5.69 Å². The lowest BCUT2D eigenvalue weighted by Crippen LogP contribution is -2.34. The normalized spacial score (nSPS) is 14.1. The van der Waals surface area contributed by atoms with Gasteiger partial charge in [-0.05, 0) is 75.4 Å². The Kier molecular flexibility index (Phi) is 6.73. The van der Waals surface area contributed by atoms with E-state index in [1.807, 2.05) is 71.0 Å². The maximum Gasteiger partial charge on any atom is 0.278 e. The standard InChI is InChI=1S/C25H30N2O3/c1-6-30-13-7-12-27-24(28)22(21-11-8-16(2)14-19(21)5)23(25(27)29)26-20-10-9-17(3)18(4)15-20/h8-11,14-15,26H,6-7,12-13H2,1-5H3. The van der Waals surface area contributed by atoms with Gasteiger partial charge in [0.05, 0.1) is 5.57 Å². The molecule has 158 valence electrons. The second-order valence-electron chi connectivity index (χ2n) is 7.80. The van der Waals surface area contributed by atoms with Crippen LogP contribution >= 0.6 is 0 Å². The predicted molar refractivity (Wildman–Crippen MR) is 120 cm³/mol. The van der Waals surface area contributed by atoms with Gasteiger partial charge in [-0.15, -0.1) is 0 Å². The summed E-state index contributed by atoms with van der Waals surface area (Å²) in [4.78, 5) is 27.9. The van der Waals surface area contributed by atoms with Crippen molar-refractivity contribution in [1.29, 1.82) is 0 Å². The summed E-state index contributed by atoms with van der Waals surface area (Å²) in [6, 6.07) is 11.9. The van der Waals surface area contributed by atoms with E-state index in [2.05, 4.69) is 5.32 Å². The fourth-order valence-electron chi connectivity index (χ4n) is 3.67. The van der Waals surface area contributed by atoms with E-state index in [0.717, 1.165) is 27.9 Å². The minimum absolute atomic E-state index is 0.255. The molecular formula is C25H30N2O3. The van der Waals surface area contributed by atoms with Gasteiger partial charge in [0.1, 0.15) is 5.70 Å². The van der Waals surface area contributed by atoms with Crippen molar-refractivity contribution in [3.05, 3.63) is 69.9 Å². The molecule has 0 bridgehead atoms. The van der Waals surface area contributed by atoms with Gasteiger partial charge < -0.3 is 10.1 Å². The zero-order chi connectivity index (χ0) is 21.8. The van der Waals surface area contributed by atoms with Crippen molar-refractivity contribution in [1.82, 2.24) is 4.90 Å². The van der Waals surface area contributed by atoms with Crippen LogP contribution in [0.5, 0.6) is 0 Å². The first-order valence-corrected chi connectivity index (χ1v) is 10.4. The Morgan fingerprint density at radius 1 is 0.900 bits per heavy atom. The Hall–Kier alpha value is -2.92. The molecule has 0 saturated carbocycles. The number of imide groups is 1. The van der Waals surface area contributed by atoms with E-state index in [-0.39, 0.29) is 11.8 Å². The van der Waals surface area contributed by atoms with Crippen molar-refractivity contribution in [2.24, 2.45) is 0 Å². The monoisotopic (exact) mass is 406 g/mol. The van der Waals surface area contributed by atoms with E-state index in [0.29, 0.717) is 37.4 Å². The Bertz CT molecular complexity index is 1010. The maximum absolute atomic E-state index is 13.3. The van der Waals surface area contributed by atoms with Gasteiger partial charge in [-0.2, -0.15) is 0 Å². The van der Waals surface area contributed by atoms with E-state index in [4.69, 9.17) is 4.74 Å². The average molecular weight is 407 g/mol. The van der Waals surface area contributed by atoms with E-state index < -0.39 is 0 Å². The van der Waals surface area contributed by atoms with Gasteiger partial charge in [-0.3, -0.25) is 14.5 Å².